The van der Waals surface area contributed by atoms with E-state index in [1.807, 2.05) is 58.0 Å². The quantitative estimate of drug-likeness (QED) is 0.347. The summed E-state index contributed by atoms with van der Waals surface area (Å²) in [5, 5.41) is 5.58. The summed E-state index contributed by atoms with van der Waals surface area (Å²) in [6.07, 6.45) is 1.41. The SMILES string of the molecule is C=C(C)C[C@@H](C=O)NC(=O)[C@H](CC(C)C)NC(=O)[C@H](CC(C)C)OCc1ccccc1. The van der Waals surface area contributed by atoms with Crippen molar-refractivity contribution in [3.05, 3.63) is 48.0 Å². The van der Waals surface area contributed by atoms with E-state index in [1.165, 1.54) is 0 Å². The molecule has 0 unspecified atom stereocenters. The van der Waals surface area contributed by atoms with Crippen LogP contribution in [-0.2, 0) is 25.7 Å². The Kier molecular flexibility index (Phi) is 11.8. The molecule has 2 N–H and O–H groups in total. The van der Waals surface area contributed by atoms with Crippen LogP contribution in [-0.4, -0.2) is 36.3 Å². The number of carbonyl (C=O) groups is 3. The third kappa shape index (κ3) is 10.9. The molecule has 0 aliphatic rings. The van der Waals surface area contributed by atoms with Crippen molar-refractivity contribution in [2.24, 2.45) is 11.8 Å². The van der Waals surface area contributed by atoms with Crippen molar-refractivity contribution in [1.29, 1.82) is 0 Å². The zero-order chi connectivity index (χ0) is 23.4. The molecule has 6 heteroatoms. The highest BCUT2D eigenvalue weighted by molar-refractivity contribution is 5.90. The lowest BCUT2D eigenvalue weighted by Crippen LogP contribution is -2.53. The maximum atomic E-state index is 13.0. The van der Waals surface area contributed by atoms with E-state index in [9.17, 15) is 14.4 Å². The van der Waals surface area contributed by atoms with Crippen molar-refractivity contribution in [3.63, 3.8) is 0 Å². The van der Waals surface area contributed by atoms with Crippen molar-refractivity contribution in [2.75, 3.05) is 0 Å². The number of ether oxygens (including phenoxy) is 1. The zero-order valence-electron chi connectivity index (χ0n) is 19.5. The fourth-order valence-electron chi connectivity index (χ4n) is 3.21. The minimum Gasteiger partial charge on any atom is -0.364 e. The molecule has 0 saturated heterocycles. The molecule has 0 fully saturated rings. The van der Waals surface area contributed by atoms with Gasteiger partial charge in [0.05, 0.1) is 12.6 Å². The van der Waals surface area contributed by atoms with Crippen molar-refractivity contribution in [1.82, 2.24) is 10.6 Å². The molecule has 31 heavy (non-hydrogen) atoms. The van der Waals surface area contributed by atoms with Gasteiger partial charge in [0, 0.05) is 0 Å². The molecule has 0 saturated carbocycles. The van der Waals surface area contributed by atoms with Gasteiger partial charge in [0.2, 0.25) is 11.8 Å². The number of hydrogen-bond acceptors (Lipinski definition) is 4. The number of aldehydes is 1. The summed E-state index contributed by atoms with van der Waals surface area (Å²) in [6.45, 7) is 13.9. The van der Waals surface area contributed by atoms with E-state index in [0.29, 0.717) is 32.2 Å². The van der Waals surface area contributed by atoms with Gasteiger partial charge in [-0.3, -0.25) is 9.59 Å². The average molecular weight is 431 g/mol. The van der Waals surface area contributed by atoms with E-state index in [-0.39, 0.29) is 23.7 Å². The molecule has 1 rings (SSSR count). The van der Waals surface area contributed by atoms with Gasteiger partial charge in [-0.05, 0) is 43.6 Å². The van der Waals surface area contributed by atoms with Gasteiger partial charge in [0.15, 0.2) is 0 Å². The minimum atomic E-state index is -0.741. The highest BCUT2D eigenvalue weighted by Crippen LogP contribution is 2.14. The van der Waals surface area contributed by atoms with Crippen LogP contribution in [0.2, 0.25) is 0 Å². The van der Waals surface area contributed by atoms with Gasteiger partial charge in [-0.1, -0.05) is 63.6 Å². The Labute approximate surface area is 186 Å². The number of amides is 2. The molecule has 0 spiro atoms. The molecule has 3 atom stereocenters. The standard InChI is InChI=1S/C25H38N2O4/c1-17(2)12-21(15-28)26-24(29)22(13-18(3)4)27-25(30)23(14-19(5)6)31-16-20-10-8-7-9-11-20/h7-11,15,18-19,21-23H,1,12-14,16H2,2-6H3,(H,26,29)(H,27,30)/t21-,22-,23-/m0/s1. The number of benzene rings is 1. The average Bonchev–Trinajstić information content (AvgIpc) is 2.69. The van der Waals surface area contributed by atoms with Crippen LogP contribution in [0.25, 0.3) is 0 Å². The van der Waals surface area contributed by atoms with E-state index in [4.69, 9.17) is 4.74 Å². The van der Waals surface area contributed by atoms with E-state index in [1.54, 1.807) is 6.92 Å². The van der Waals surface area contributed by atoms with E-state index >= 15 is 0 Å². The highest BCUT2D eigenvalue weighted by atomic mass is 16.5. The third-order valence-electron chi connectivity index (χ3n) is 4.67. The van der Waals surface area contributed by atoms with Crippen LogP contribution in [0, 0.1) is 11.8 Å². The first-order valence-electron chi connectivity index (χ1n) is 11.0. The number of carbonyl (C=O) groups excluding carboxylic acids is 3. The van der Waals surface area contributed by atoms with Crippen LogP contribution in [0.5, 0.6) is 0 Å². The number of rotatable bonds is 14. The molecular weight excluding hydrogens is 392 g/mol. The first kappa shape index (κ1) is 26.6. The van der Waals surface area contributed by atoms with Gasteiger partial charge in [0.25, 0.3) is 0 Å². The van der Waals surface area contributed by atoms with E-state index in [0.717, 1.165) is 11.1 Å². The molecule has 0 radical (unpaired) electrons. The van der Waals surface area contributed by atoms with Crippen LogP contribution >= 0.6 is 0 Å². The van der Waals surface area contributed by atoms with Gasteiger partial charge in [0.1, 0.15) is 18.4 Å². The maximum Gasteiger partial charge on any atom is 0.249 e. The Morgan fingerprint density at radius 3 is 2.13 bits per heavy atom. The van der Waals surface area contributed by atoms with Crippen LogP contribution < -0.4 is 10.6 Å². The summed E-state index contributed by atoms with van der Waals surface area (Å²) in [5.41, 5.74) is 1.78. The van der Waals surface area contributed by atoms with Crippen LogP contribution in [0.1, 0.15) is 59.4 Å². The van der Waals surface area contributed by atoms with Crippen molar-refractivity contribution in [2.45, 2.75) is 78.7 Å². The summed E-state index contributed by atoms with van der Waals surface area (Å²) < 4.78 is 5.93. The van der Waals surface area contributed by atoms with Crippen molar-refractivity contribution >= 4 is 18.1 Å². The second-order valence-electron chi connectivity index (χ2n) is 9.02. The largest absolute Gasteiger partial charge is 0.364 e. The summed E-state index contributed by atoms with van der Waals surface area (Å²) in [6, 6.07) is 8.27. The lowest BCUT2D eigenvalue weighted by atomic mass is 10.0. The highest BCUT2D eigenvalue weighted by Gasteiger charge is 2.28. The fourth-order valence-corrected chi connectivity index (χ4v) is 3.21. The summed E-state index contributed by atoms with van der Waals surface area (Å²) in [5.74, 6) is -0.251. The number of nitrogens with one attached hydrogen (secondary N) is 2. The second-order valence-corrected chi connectivity index (χ2v) is 9.02. The normalized spacial score (nSPS) is 14.0. The topological polar surface area (TPSA) is 84.5 Å². The molecule has 0 aliphatic carbocycles. The van der Waals surface area contributed by atoms with Gasteiger partial charge in [-0.15, -0.1) is 6.58 Å². The monoisotopic (exact) mass is 430 g/mol. The molecule has 6 nitrogen and oxygen atoms in total. The second kappa shape index (κ2) is 13.8. The van der Waals surface area contributed by atoms with Crippen LogP contribution in [0.3, 0.4) is 0 Å². The van der Waals surface area contributed by atoms with Gasteiger partial charge >= 0.3 is 0 Å². The van der Waals surface area contributed by atoms with E-state index < -0.39 is 18.2 Å². The molecule has 1 aromatic rings. The Morgan fingerprint density at radius 1 is 1.00 bits per heavy atom. The Balaban J connectivity index is 2.87. The van der Waals surface area contributed by atoms with Gasteiger partial charge in [-0.25, -0.2) is 0 Å². The van der Waals surface area contributed by atoms with Crippen molar-refractivity contribution in [3.8, 4) is 0 Å². The number of hydrogen-bond donors (Lipinski definition) is 2. The first-order valence-corrected chi connectivity index (χ1v) is 11.0. The Bertz CT molecular complexity index is 715. The molecule has 0 aromatic heterocycles. The maximum absolute atomic E-state index is 13.0. The summed E-state index contributed by atoms with van der Waals surface area (Å²) in [7, 11) is 0. The van der Waals surface area contributed by atoms with Crippen molar-refractivity contribution < 1.29 is 19.1 Å². The molecule has 1 aromatic carbocycles. The fraction of sp³-hybridized carbons (Fsp3) is 0.560. The van der Waals surface area contributed by atoms with Gasteiger partial charge in [-0.2, -0.15) is 0 Å². The summed E-state index contributed by atoms with van der Waals surface area (Å²) >= 11 is 0. The molecule has 172 valence electrons. The molecular formula is C25H38N2O4. The predicted octanol–water partition coefficient (Wildman–Crippen LogP) is 3.80. The lowest BCUT2D eigenvalue weighted by Gasteiger charge is -2.25. The first-order chi connectivity index (χ1) is 14.6. The Morgan fingerprint density at radius 2 is 1.61 bits per heavy atom. The Hall–Kier alpha value is -2.47. The van der Waals surface area contributed by atoms with Crippen LogP contribution in [0.15, 0.2) is 42.5 Å². The molecule has 0 aliphatic heterocycles. The summed E-state index contributed by atoms with van der Waals surface area (Å²) in [4.78, 5) is 37.2. The molecule has 0 bridgehead atoms. The molecule has 2 amide bonds. The van der Waals surface area contributed by atoms with E-state index in [2.05, 4.69) is 17.2 Å². The molecule has 0 heterocycles. The predicted molar refractivity (Wildman–Crippen MR) is 123 cm³/mol. The minimum absolute atomic E-state index is 0.181. The van der Waals surface area contributed by atoms with Gasteiger partial charge < -0.3 is 20.2 Å². The third-order valence-corrected chi connectivity index (χ3v) is 4.67. The zero-order valence-corrected chi connectivity index (χ0v) is 19.5. The van der Waals surface area contributed by atoms with Crippen LogP contribution in [0.4, 0.5) is 0 Å². The lowest BCUT2D eigenvalue weighted by molar-refractivity contribution is -0.138. The smallest absolute Gasteiger partial charge is 0.249 e.